The molecule has 146 valence electrons. The summed E-state index contributed by atoms with van der Waals surface area (Å²) in [6, 6.07) is 12.5. The van der Waals surface area contributed by atoms with Gasteiger partial charge in [-0.05, 0) is 23.3 Å². The van der Waals surface area contributed by atoms with E-state index < -0.39 is 39.0 Å². The van der Waals surface area contributed by atoms with Crippen LogP contribution in [0.4, 0.5) is 13.2 Å². The molecule has 2 aromatic carbocycles. The Labute approximate surface area is 159 Å². The summed E-state index contributed by atoms with van der Waals surface area (Å²) < 4.78 is 63.7. The molecule has 0 bridgehead atoms. The zero-order chi connectivity index (χ0) is 20.7. The first-order valence-electron chi connectivity index (χ1n) is 8.02. The lowest BCUT2D eigenvalue weighted by atomic mass is 10.0. The first kappa shape index (κ1) is 19.8. The fraction of sp³-hybridized carbons (Fsp3) is 0.158. The Morgan fingerprint density at radius 2 is 1.46 bits per heavy atom. The lowest BCUT2D eigenvalue weighted by Gasteiger charge is -2.15. The fourth-order valence-corrected chi connectivity index (χ4v) is 3.52. The number of carbonyl (C=O) groups is 2. The molecule has 0 fully saturated rings. The molecular weight excluding hydrogens is 395 g/mol. The number of benzene rings is 2. The molecule has 0 aliphatic carbocycles. The molecule has 2 aromatic rings. The van der Waals surface area contributed by atoms with Crippen LogP contribution in [0.5, 0.6) is 0 Å². The van der Waals surface area contributed by atoms with Crippen LogP contribution in [0.2, 0.25) is 0 Å². The Kier molecular flexibility index (Phi) is 4.88. The van der Waals surface area contributed by atoms with Gasteiger partial charge in [0.25, 0.3) is 11.8 Å². The quantitative estimate of drug-likeness (QED) is 0.728. The SMILES string of the molecule is CS(=O)(=O)c1ccc(C2=C(C(F)(F)F)C(=O)N(Cc3ccccc3)C2=O)cc1. The number of rotatable bonds is 4. The highest BCUT2D eigenvalue weighted by Crippen LogP contribution is 2.40. The third-order valence-corrected chi connectivity index (χ3v) is 5.33. The Morgan fingerprint density at radius 1 is 0.893 bits per heavy atom. The largest absolute Gasteiger partial charge is 0.422 e. The molecule has 0 N–H and O–H groups in total. The van der Waals surface area contributed by atoms with Gasteiger partial charge in [0.15, 0.2) is 9.84 Å². The van der Waals surface area contributed by atoms with Crippen molar-refractivity contribution in [1.82, 2.24) is 4.90 Å². The number of halogens is 3. The van der Waals surface area contributed by atoms with Gasteiger partial charge in [-0.1, -0.05) is 42.5 Å². The average molecular weight is 409 g/mol. The second kappa shape index (κ2) is 6.90. The summed E-state index contributed by atoms with van der Waals surface area (Å²) in [7, 11) is -3.56. The van der Waals surface area contributed by atoms with Gasteiger partial charge in [-0.25, -0.2) is 8.42 Å². The highest BCUT2D eigenvalue weighted by atomic mass is 32.2. The lowest BCUT2D eigenvalue weighted by molar-refractivity contribution is -0.142. The van der Waals surface area contributed by atoms with Crippen LogP contribution in [-0.2, 0) is 26.0 Å². The second-order valence-corrected chi connectivity index (χ2v) is 8.24. The van der Waals surface area contributed by atoms with Crippen LogP contribution in [0.15, 0.2) is 65.1 Å². The summed E-state index contributed by atoms with van der Waals surface area (Å²) >= 11 is 0. The van der Waals surface area contributed by atoms with E-state index in [9.17, 15) is 31.2 Å². The van der Waals surface area contributed by atoms with Crippen LogP contribution in [0.3, 0.4) is 0 Å². The topological polar surface area (TPSA) is 71.5 Å². The zero-order valence-corrected chi connectivity index (χ0v) is 15.3. The lowest BCUT2D eigenvalue weighted by Crippen LogP contribution is -2.33. The van der Waals surface area contributed by atoms with Crippen LogP contribution < -0.4 is 0 Å². The number of imide groups is 1. The van der Waals surface area contributed by atoms with Gasteiger partial charge in [0.2, 0.25) is 0 Å². The molecule has 2 amide bonds. The maximum atomic E-state index is 13.5. The van der Waals surface area contributed by atoms with Gasteiger partial charge in [-0.3, -0.25) is 14.5 Å². The van der Waals surface area contributed by atoms with Gasteiger partial charge in [-0.2, -0.15) is 13.2 Å². The number of nitrogens with zero attached hydrogens (tertiary/aromatic N) is 1. The Bertz CT molecular complexity index is 1070. The average Bonchev–Trinajstić information content (AvgIpc) is 2.87. The highest BCUT2D eigenvalue weighted by Gasteiger charge is 2.51. The van der Waals surface area contributed by atoms with E-state index >= 15 is 0 Å². The van der Waals surface area contributed by atoms with E-state index in [1.807, 2.05) is 0 Å². The monoisotopic (exact) mass is 409 g/mol. The minimum absolute atomic E-state index is 0.108. The van der Waals surface area contributed by atoms with Crippen LogP contribution >= 0.6 is 0 Å². The summed E-state index contributed by atoms with van der Waals surface area (Å²) in [6.07, 6.45) is -4.09. The molecule has 5 nitrogen and oxygen atoms in total. The molecular formula is C19H14F3NO4S. The number of alkyl halides is 3. The van der Waals surface area contributed by atoms with Crippen molar-refractivity contribution in [2.75, 3.05) is 6.26 Å². The van der Waals surface area contributed by atoms with E-state index in [0.717, 1.165) is 30.5 Å². The number of hydrogen-bond donors (Lipinski definition) is 0. The highest BCUT2D eigenvalue weighted by molar-refractivity contribution is 7.90. The molecule has 1 aliphatic heterocycles. The van der Waals surface area contributed by atoms with Gasteiger partial charge < -0.3 is 0 Å². The Balaban J connectivity index is 2.06. The van der Waals surface area contributed by atoms with Crippen LogP contribution in [0.1, 0.15) is 11.1 Å². The van der Waals surface area contributed by atoms with E-state index in [1.165, 1.54) is 0 Å². The second-order valence-electron chi connectivity index (χ2n) is 6.23. The Hall–Kier alpha value is -2.94. The van der Waals surface area contributed by atoms with Gasteiger partial charge >= 0.3 is 6.18 Å². The molecule has 0 aromatic heterocycles. The number of amides is 2. The molecule has 0 unspecified atom stereocenters. The summed E-state index contributed by atoms with van der Waals surface area (Å²) in [5.74, 6) is -2.50. The van der Waals surface area contributed by atoms with Crippen molar-refractivity contribution in [3.8, 4) is 0 Å². The summed E-state index contributed by atoms with van der Waals surface area (Å²) in [5.41, 5.74) is -2.01. The number of carbonyl (C=O) groups excluding carboxylic acids is 2. The van der Waals surface area contributed by atoms with Crippen molar-refractivity contribution in [1.29, 1.82) is 0 Å². The van der Waals surface area contributed by atoms with Gasteiger partial charge in [0, 0.05) is 6.26 Å². The van der Waals surface area contributed by atoms with Gasteiger partial charge in [-0.15, -0.1) is 0 Å². The molecule has 28 heavy (non-hydrogen) atoms. The van der Waals surface area contributed by atoms with Crippen molar-refractivity contribution in [2.45, 2.75) is 17.6 Å². The smallest absolute Gasteiger partial charge is 0.270 e. The first-order chi connectivity index (χ1) is 13.0. The maximum absolute atomic E-state index is 13.5. The fourth-order valence-electron chi connectivity index (χ4n) is 2.89. The van der Waals surface area contributed by atoms with E-state index in [0.29, 0.717) is 10.5 Å². The normalized spacial score (nSPS) is 15.5. The summed E-state index contributed by atoms with van der Waals surface area (Å²) in [4.78, 5) is 25.5. The Morgan fingerprint density at radius 3 is 1.96 bits per heavy atom. The third-order valence-electron chi connectivity index (χ3n) is 4.21. The van der Waals surface area contributed by atoms with Crippen molar-refractivity contribution < 1.29 is 31.2 Å². The first-order valence-corrected chi connectivity index (χ1v) is 9.91. The standard InChI is InChI=1S/C19H14F3NO4S/c1-28(26,27)14-9-7-13(8-10-14)15-16(19(20,21)22)18(25)23(17(15)24)11-12-5-3-2-4-6-12/h2-10H,11H2,1H3. The van der Waals surface area contributed by atoms with Crippen molar-refractivity contribution >= 4 is 27.2 Å². The van der Waals surface area contributed by atoms with E-state index in [-0.39, 0.29) is 17.0 Å². The molecule has 0 spiro atoms. The number of sulfone groups is 1. The molecule has 0 radical (unpaired) electrons. The summed E-state index contributed by atoms with van der Waals surface area (Å²) in [5, 5.41) is 0. The van der Waals surface area contributed by atoms with Crippen LogP contribution in [0.25, 0.3) is 5.57 Å². The van der Waals surface area contributed by atoms with E-state index in [2.05, 4.69) is 0 Å². The third kappa shape index (κ3) is 3.70. The molecule has 0 saturated carbocycles. The minimum atomic E-state index is -5.04. The maximum Gasteiger partial charge on any atom is 0.422 e. The van der Waals surface area contributed by atoms with Gasteiger partial charge in [0.05, 0.1) is 17.0 Å². The molecule has 0 saturated heterocycles. The predicted molar refractivity (Wildman–Crippen MR) is 94.5 cm³/mol. The number of hydrogen-bond acceptors (Lipinski definition) is 4. The predicted octanol–water partition coefficient (Wildman–Crippen LogP) is 2.98. The van der Waals surface area contributed by atoms with Crippen molar-refractivity contribution in [2.24, 2.45) is 0 Å². The van der Waals surface area contributed by atoms with Crippen LogP contribution in [0, 0.1) is 0 Å². The molecule has 9 heteroatoms. The van der Waals surface area contributed by atoms with Crippen molar-refractivity contribution in [3.63, 3.8) is 0 Å². The van der Waals surface area contributed by atoms with Crippen LogP contribution in [-0.4, -0.2) is 37.6 Å². The van der Waals surface area contributed by atoms with Gasteiger partial charge in [0.1, 0.15) is 5.57 Å². The molecule has 1 heterocycles. The molecule has 0 atom stereocenters. The summed E-state index contributed by atoms with van der Waals surface area (Å²) in [6.45, 7) is -0.303. The molecule has 3 rings (SSSR count). The molecule has 1 aliphatic rings. The van der Waals surface area contributed by atoms with E-state index in [1.54, 1.807) is 30.3 Å². The zero-order valence-electron chi connectivity index (χ0n) is 14.5. The minimum Gasteiger partial charge on any atom is -0.270 e. The van der Waals surface area contributed by atoms with Crippen molar-refractivity contribution in [3.05, 3.63) is 71.3 Å². The van der Waals surface area contributed by atoms with E-state index in [4.69, 9.17) is 0 Å².